The molecule has 0 saturated carbocycles. The first-order valence-electron chi connectivity index (χ1n) is 7.11. The predicted octanol–water partition coefficient (Wildman–Crippen LogP) is 0.461. The van der Waals surface area contributed by atoms with E-state index in [1.807, 2.05) is 0 Å². The summed E-state index contributed by atoms with van der Waals surface area (Å²) in [5.74, 6) is -1.70. The molecule has 2 heterocycles. The highest BCUT2D eigenvalue weighted by Crippen LogP contribution is 2.40. The second-order valence-electron chi connectivity index (χ2n) is 5.41. The zero-order chi connectivity index (χ0) is 17.5. The zero-order valence-corrected chi connectivity index (χ0v) is 13.2. The van der Waals surface area contributed by atoms with Crippen LogP contribution in [0, 0.1) is 16.0 Å². The number of rotatable bonds is 4. The van der Waals surface area contributed by atoms with E-state index in [-0.39, 0.29) is 44.2 Å². The minimum atomic E-state index is -4.22. The van der Waals surface area contributed by atoms with Crippen molar-refractivity contribution in [2.24, 2.45) is 5.92 Å². The molecule has 11 heteroatoms. The number of sulfonamides is 1. The van der Waals surface area contributed by atoms with Crippen LogP contribution in [0.4, 0.5) is 5.69 Å². The van der Waals surface area contributed by atoms with Gasteiger partial charge in [-0.1, -0.05) is 0 Å². The molecule has 3 rings (SSSR count). The number of nitro benzene ring substituents is 1. The Morgan fingerprint density at radius 3 is 2.46 bits per heavy atom. The number of hydrogen-bond donors (Lipinski definition) is 1. The van der Waals surface area contributed by atoms with Crippen LogP contribution in [-0.2, 0) is 14.8 Å². The number of benzene rings is 1. The number of aliphatic carboxylic acids is 1. The standard InChI is InChI=1S/C13H14N2O8S/c16-13(17)8-1-2-14(7-8)24(20,21)12-6-11-10(22-3-4-23-11)5-9(12)15(18)19/h5-6,8H,1-4,7H2,(H,16,17). The number of fused-ring (bicyclic) bond motifs is 1. The summed E-state index contributed by atoms with van der Waals surface area (Å²) < 4.78 is 37.0. The summed E-state index contributed by atoms with van der Waals surface area (Å²) in [6.07, 6.45) is 0.160. The van der Waals surface area contributed by atoms with Gasteiger partial charge in [-0.15, -0.1) is 0 Å². The van der Waals surface area contributed by atoms with E-state index in [9.17, 15) is 23.3 Å². The first-order valence-corrected chi connectivity index (χ1v) is 8.55. The van der Waals surface area contributed by atoms with Gasteiger partial charge < -0.3 is 14.6 Å². The van der Waals surface area contributed by atoms with E-state index < -0.39 is 37.4 Å². The van der Waals surface area contributed by atoms with Crippen molar-refractivity contribution in [3.8, 4) is 11.5 Å². The van der Waals surface area contributed by atoms with E-state index in [0.717, 1.165) is 16.4 Å². The first kappa shape index (κ1) is 16.5. The van der Waals surface area contributed by atoms with E-state index in [2.05, 4.69) is 0 Å². The Hall–Kier alpha value is -2.40. The second-order valence-corrected chi connectivity index (χ2v) is 7.31. The monoisotopic (exact) mass is 358 g/mol. The molecule has 1 fully saturated rings. The molecule has 130 valence electrons. The van der Waals surface area contributed by atoms with Gasteiger partial charge in [0.05, 0.1) is 16.9 Å². The summed E-state index contributed by atoms with van der Waals surface area (Å²) in [4.78, 5) is 21.0. The highest BCUT2D eigenvalue weighted by Gasteiger charge is 2.40. The van der Waals surface area contributed by atoms with Crippen LogP contribution in [-0.4, -0.2) is 55.0 Å². The van der Waals surface area contributed by atoms with Gasteiger partial charge in [-0.05, 0) is 6.42 Å². The van der Waals surface area contributed by atoms with Gasteiger partial charge in [-0.2, -0.15) is 4.31 Å². The van der Waals surface area contributed by atoms with E-state index in [0.29, 0.717) is 0 Å². The summed E-state index contributed by atoms with van der Waals surface area (Å²) in [7, 11) is -4.22. The molecule has 1 N–H and O–H groups in total. The van der Waals surface area contributed by atoms with Crippen LogP contribution >= 0.6 is 0 Å². The van der Waals surface area contributed by atoms with Crippen molar-refractivity contribution in [3.63, 3.8) is 0 Å². The van der Waals surface area contributed by atoms with Crippen molar-refractivity contribution in [2.45, 2.75) is 11.3 Å². The highest BCUT2D eigenvalue weighted by molar-refractivity contribution is 7.89. The van der Waals surface area contributed by atoms with Crippen molar-refractivity contribution in [3.05, 3.63) is 22.2 Å². The van der Waals surface area contributed by atoms with Crippen molar-refractivity contribution >= 4 is 21.7 Å². The molecule has 0 bridgehead atoms. The summed E-state index contributed by atoms with van der Waals surface area (Å²) in [5, 5.41) is 20.3. The molecule has 1 atom stereocenters. The smallest absolute Gasteiger partial charge is 0.307 e. The van der Waals surface area contributed by atoms with Crippen LogP contribution in [0.1, 0.15) is 6.42 Å². The number of nitrogens with zero attached hydrogens (tertiary/aromatic N) is 2. The normalized spacial score (nSPS) is 20.8. The third-order valence-electron chi connectivity index (χ3n) is 3.94. The molecule has 0 spiro atoms. The Morgan fingerprint density at radius 1 is 1.29 bits per heavy atom. The van der Waals surface area contributed by atoms with Crippen LogP contribution in [0.3, 0.4) is 0 Å². The molecule has 2 aliphatic heterocycles. The molecular weight excluding hydrogens is 344 g/mol. The largest absolute Gasteiger partial charge is 0.486 e. The minimum absolute atomic E-state index is 0.00903. The Kier molecular flexibility index (Phi) is 4.05. The molecular formula is C13H14N2O8S. The average Bonchev–Trinajstić information content (AvgIpc) is 3.04. The second kappa shape index (κ2) is 5.91. The lowest BCUT2D eigenvalue weighted by Gasteiger charge is -2.21. The molecule has 0 aliphatic carbocycles. The number of carboxylic acids is 1. The SMILES string of the molecule is O=C(O)C1CCN(S(=O)(=O)c2cc3c(cc2[N+](=O)[O-])OCCO3)C1. The first-order chi connectivity index (χ1) is 11.3. The maximum atomic E-state index is 12.7. The fourth-order valence-corrected chi connectivity index (χ4v) is 4.35. The van der Waals surface area contributed by atoms with E-state index >= 15 is 0 Å². The van der Waals surface area contributed by atoms with Gasteiger partial charge in [0.15, 0.2) is 16.4 Å². The highest BCUT2D eigenvalue weighted by atomic mass is 32.2. The van der Waals surface area contributed by atoms with Gasteiger partial charge in [0.2, 0.25) is 10.0 Å². The molecule has 1 saturated heterocycles. The molecule has 0 amide bonds. The molecule has 1 aromatic carbocycles. The van der Waals surface area contributed by atoms with E-state index in [4.69, 9.17) is 14.6 Å². The molecule has 10 nitrogen and oxygen atoms in total. The molecule has 2 aliphatic rings. The summed E-state index contributed by atoms with van der Waals surface area (Å²) >= 11 is 0. The number of carbonyl (C=O) groups is 1. The van der Waals surface area contributed by atoms with Crippen molar-refractivity contribution in [2.75, 3.05) is 26.3 Å². The Balaban J connectivity index is 2.04. The van der Waals surface area contributed by atoms with Gasteiger partial charge in [-0.25, -0.2) is 8.42 Å². The van der Waals surface area contributed by atoms with Gasteiger partial charge in [-0.3, -0.25) is 14.9 Å². The lowest BCUT2D eigenvalue weighted by molar-refractivity contribution is -0.388. The van der Waals surface area contributed by atoms with Gasteiger partial charge >= 0.3 is 5.97 Å². The fourth-order valence-electron chi connectivity index (χ4n) is 2.70. The molecule has 0 aromatic heterocycles. The third-order valence-corrected chi connectivity index (χ3v) is 5.83. The van der Waals surface area contributed by atoms with Crippen LogP contribution in [0.25, 0.3) is 0 Å². The topological polar surface area (TPSA) is 136 Å². The van der Waals surface area contributed by atoms with Crippen molar-refractivity contribution in [1.29, 1.82) is 0 Å². The summed E-state index contributed by atoms with van der Waals surface area (Å²) in [5.41, 5.74) is -0.627. The zero-order valence-electron chi connectivity index (χ0n) is 12.4. The predicted molar refractivity (Wildman–Crippen MR) is 78.6 cm³/mol. The van der Waals surface area contributed by atoms with Crippen LogP contribution < -0.4 is 9.47 Å². The Labute approximate surface area is 136 Å². The quantitative estimate of drug-likeness (QED) is 0.605. The number of carboxylic acid groups (broad SMARTS) is 1. The maximum Gasteiger partial charge on any atom is 0.307 e. The van der Waals surface area contributed by atoms with Crippen LogP contribution in [0.5, 0.6) is 11.5 Å². The van der Waals surface area contributed by atoms with Gasteiger partial charge in [0, 0.05) is 19.2 Å². The molecule has 1 unspecified atom stereocenters. The Morgan fingerprint density at radius 2 is 1.92 bits per heavy atom. The molecule has 1 aromatic rings. The van der Waals surface area contributed by atoms with Crippen LogP contribution in [0.2, 0.25) is 0 Å². The third kappa shape index (κ3) is 2.76. The van der Waals surface area contributed by atoms with Crippen molar-refractivity contribution in [1.82, 2.24) is 4.31 Å². The minimum Gasteiger partial charge on any atom is -0.486 e. The van der Waals surface area contributed by atoms with E-state index in [1.165, 1.54) is 0 Å². The lowest BCUT2D eigenvalue weighted by Crippen LogP contribution is -2.30. The van der Waals surface area contributed by atoms with Crippen molar-refractivity contribution < 1.29 is 32.7 Å². The fraction of sp³-hybridized carbons (Fsp3) is 0.462. The summed E-state index contributed by atoms with van der Waals surface area (Å²) in [6, 6.07) is 2.09. The Bertz CT molecular complexity index is 806. The van der Waals surface area contributed by atoms with Crippen LogP contribution in [0.15, 0.2) is 17.0 Å². The molecule has 24 heavy (non-hydrogen) atoms. The van der Waals surface area contributed by atoms with E-state index in [1.54, 1.807) is 0 Å². The van der Waals surface area contributed by atoms with Gasteiger partial charge in [0.1, 0.15) is 13.2 Å². The summed E-state index contributed by atoms with van der Waals surface area (Å²) in [6.45, 7) is 0.186. The number of ether oxygens (including phenoxy) is 2. The molecule has 0 radical (unpaired) electrons. The number of hydrogen-bond acceptors (Lipinski definition) is 7. The maximum absolute atomic E-state index is 12.7. The van der Waals surface area contributed by atoms with Gasteiger partial charge in [0.25, 0.3) is 5.69 Å². The average molecular weight is 358 g/mol. The number of nitro groups is 1. The lowest BCUT2D eigenvalue weighted by atomic mass is 10.1.